The maximum absolute atomic E-state index is 14.2. The summed E-state index contributed by atoms with van der Waals surface area (Å²) in [6, 6.07) is 7.02. The summed E-state index contributed by atoms with van der Waals surface area (Å²) in [4.78, 5) is 38.9. The lowest BCUT2D eigenvalue weighted by Crippen LogP contribution is -2.27. The Bertz CT molecular complexity index is 1770. The van der Waals surface area contributed by atoms with Gasteiger partial charge in [0.05, 0.1) is 30.0 Å². The Labute approximate surface area is 255 Å². The monoisotopic (exact) mass is 657 g/mol. The van der Waals surface area contributed by atoms with Crippen molar-refractivity contribution in [2.24, 2.45) is 0 Å². The van der Waals surface area contributed by atoms with Gasteiger partial charge in [0.15, 0.2) is 0 Å². The van der Waals surface area contributed by atoms with Crippen LogP contribution in [-0.2, 0) is 24.1 Å². The number of hydrogen-bond acceptors (Lipinski definition) is 4. The molecule has 2 aromatic heterocycles. The Morgan fingerprint density at radius 3 is 2.31 bits per heavy atom. The zero-order valence-corrected chi connectivity index (χ0v) is 24.1. The molecule has 0 unspecified atom stereocenters. The lowest BCUT2D eigenvalue weighted by atomic mass is 9.96. The molecule has 0 aliphatic carbocycles. The first-order valence-corrected chi connectivity index (χ1v) is 13.4. The number of anilines is 1. The van der Waals surface area contributed by atoms with Gasteiger partial charge in [-0.2, -0.15) is 27.1 Å². The number of halogens is 8. The van der Waals surface area contributed by atoms with Crippen LogP contribution in [-0.4, -0.2) is 31.9 Å². The number of alkyl halides is 5. The topological polar surface area (TPSA) is 98.0 Å². The number of aromatic nitrogens is 3. The van der Waals surface area contributed by atoms with Gasteiger partial charge in [0.2, 0.25) is 0 Å². The van der Waals surface area contributed by atoms with Gasteiger partial charge < -0.3 is 15.2 Å². The third kappa shape index (κ3) is 7.71. The summed E-state index contributed by atoms with van der Waals surface area (Å²) in [5.41, 5.74) is -2.28. The van der Waals surface area contributed by atoms with Crippen LogP contribution in [0.2, 0.25) is 5.02 Å². The van der Waals surface area contributed by atoms with Gasteiger partial charge in [0.25, 0.3) is 11.8 Å². The second kappa shape index (κ2) is 13.1. The van der Waals surface area contributed by atoms with E-state index in [1.165, 1.54) is 30.5 Å². The summed E-state index contributed by atoms with van der Waals surface area (Å²) in [5.74, 6) is -5.47. The molecule has 16 heteroatoms. The van der Waals surface area contributed by atoms with Crippen molar-refractivity contribution in [3.8, 4) is 0 Å². The number of ketones is 1. The number of nitrogens with zero attached hydrogens (tertiary/aromatic N) is 3. The van der Waals surface area contributed by atoms with Gasteiger partial charge in [0, 0.05) is 28.4 Å². The Morgan fingerprint density at radius 1 is 0.978 bits per heavy atom. The van der Waals surface area contributed by atoms with Crippen LogP contribution in [0.25, 0.3) is 0 Å². The van der Waals surface area contributed by atoms with Gasteiger partial charge in [-0.3, -0.25) is 14.4 Å². The second-order valence-corrected chi connectivity index (χ2v) is 10.3. The highest BCUT2D eigenvalue weighted by molar-refractivity contribution is 6.31. The molecule has 2 aromatic carbocycles. The minimum atomic E-state index is -4.97. The maximum atomic E-state index is 14.2. The van der Waals surface area contributed by atoms with E-state index in [0.717, 1.165) is 24.4 Å². The van der Waals surface area contributed by atoms with Crippen molar-refractivity contribution in [1.29, 1.82) is 0 Å². The molecule has 0 radical (unpaired) electrons. The lowest BCUT2D eigenvalue weighted by Gasteiger charge is -2.20. The smallest absolute Gasteiger partial charge is 0.345 e. The van der Waals surface area contributed by atoms with E-state index >= 15 is 0 Å². The zero-order chi connectivity index (χ0) is 33.2. The SMILES string of the molecule is CC(=O)Cn1c(C(=O)NCc2ccn(C(F)F)n2)cc(NC(=O)c2cc(F)cc(C(F)(F)F)c2)c1[C@H](C)c1cc(F)ccc1Cl. The summed E-state index contributed by atoms with van der Waals surface area (Å²) < 4.78 is 95.6. The number of amides is 2. The van der Waals surface area contributed by atoms with Crippen LogP contribution < -0.4 is 10.6 Å². The van der Waals surface area contributed by atoms with Gasteiger partial charge in [-0.05, 0) is 61.0 Å². The maximum Gasteiger partial charge on any atom is 0.416 e. The highest BCUT2D eigenvalue weighted by Gasteiger charge is 2.33. The normalized spacial score (nSPS) is 12.3. The predicted octanol–water partition coefficient (Wildman–Crippen LogP) is 6.95. The molecule has 0 fully saturated rings. The van der Waals surface area contributed by atoms with Crippen molar-refractivity contribution >= 4 is 34.9 Å². The lowest BCUT2D eigenvalue weighted by molar-refractivity contribution is -0.137. The predicted molar refractivity (Wildman–Crippen MR) is 148 cm³/mol. The van der Waals surface area contributed by atoms with Crippen LogP contribution in [0.4, 0.5) is 36.4 Å². The molecular weight excluding hydrogens is 635 g/mol. The molecule has 2 heterocycles. The van der Waals surface area contributed by atoms with Gasteiger partial charge in [0.1, 0.15) is 23.1 Å². The molecule has 1 atom stereocenters. The van der Waals surface area contributed by atoms with E-state index in [-0.39, 0.29) is 46.0 Å². The van der Waals surface area contributed by atoms with Crippen LogP contribution in [0.3, 0.4) is 0 Å². The van der Waals surface area contributed by atoms with Gasteiger partial charge in [-0.1, -0.05) is 18.5 Å². The Balaban J connectivity index is 1.81. The van der Waals surface area contributed by atoms with Crippen LogP contribution in [0.5, 0.6) is 0 Å². The molecule has 0 spiro atoms. The van der Waals surface area contributed by atoms with Gasteiger partial charge in [-0.15, -0.1) is 0 Å². The third-order valence-corrected chi connectivity index (χ3v) is 6.96. The van der Waals surface area contributed by atoms with E-state index in [4.69, 9.17) is 11.6 Å². The molecule has 0 aliphatic heterocycles. The molecule has 4 aromatic rings. The van der Waals surface area contributed by atoms with Gasteiger partial charge in [-0.25, -0.2) is 13.5 Å². The van der Waals surface area contributed by atoms with E-state index in [1.54, 1.807) is 0 Å². The highest BCUT2D eigenvalue weighted by Crippen LogP contribution is 2.37. The largest absolute Gasteiger partial charge is 0.416 e. The molecule has 238 valence electrons. The van der Waals surface area contributed by atoms with Crippen LogP contribution in [0, 0.1) is 11.6 Å². The number of benzene rings is 2. The Kier molecular flexibility index (Phi) is 9.71. The molecule has 0 bridgehead atoms. The number of carbonyl (C=O) groups excluding carboxylic acids is 3. The van der Waals surface area contributed by atoms with Crippen molar-refractivity contribution < 1.29 is 45.1 Å². The second-order valence-electron chi connectivity index (χ2n) is 9.93. The summed E-state index contributed by atoms with van der Waals surface area (Å²) >= 11 is 6.32. The fourth-order valence-electron chi connectivity index (χ4n) is 4.63. The van der Waals surface area contributed by atoms with E-state index in [2.05, 4.69) is 15.7 Å². The molecule has 0 aliphatic rings. The average molecular weight is 658 g/mol. The first kappa shape index (κ1) is 33.2. The number of Topliss-reactive ketones (excluding diaryl/α,β-unsaturated/α-hetero) is 1. The molecule has 45 heavy (non-hydrogen) atoms. The highest BCUT2D eigenvalue weighted by atomic mass is 35.5. The number of hydrogen-bond donors (Lipinski definition) is 2. The Hall–Kier alpha value is -4.66. The van der Waals surface area contributed by atoms with Gasteiger partial charge >= 0.3 is 12.7 Å². The fourth-order valence-corrected chi connectivity index (χ4v) is 4.91. The van der Waals surface area contributed by atoms with Crippen molar-refractivity contribution in [1.82, 2.24) is 19.7 Å². The number of nitrogens with one attached hydrogen (secondary N) is 2. The minimum absolute atomic E-state index is 0.0330. The Morgan fingerprint density at radius 2 is 1.69 bits per heavy atom. The molecule has 0 saturated carbocycles. The van der Waals surface area contributed by atoms with Crippen LogP contribution in [0.15, 0.2) is 54.7 Å². The zero-order valence-electron chi connectivity index (χ0n) is 23.4. The molecular formula is C29H23ClF7N5O3. The number of carbonyl (C=O) groups is 3. The van der Waals surface area contributed by atoms with Crippen molar-refractivity contribution in [3.63, 3.8) is 0 Å². The van der Waals surface area contributed by atoms with E-state index in [1.807, 2.05) is 0 Å². The summed E-state index contributed by atoms with van der Waals surface area (Å²) in [5, 5.41) is 8.56. The summed E-state index contributed by atoms with van der Waals surface area (Å²) in [6.07, 6.45) is -3.97. The molecule has 2 N–H and O–H groups in total. The fraction of sp³-hybridized carbons (Fsp3) is 0.241. The van der Waals surface area contributed by atoms with Crippen molar-refractivity contribution in [2.75, 3.05) is 5.32 Å². The van der Waals surface area contributed by atoms with Crippen LogP contribution >= 0.6 is 11.6 Å². The molecule has 8 nitrogen and oxygen atoms in total. The quantitative estimate of drug-likeness (QED) is 0.180. The molecule has 2 amide bonds. The standard InChI is InChI=1S/C29H23ClF7N5O3/c1-14(43)13-41-24(27(45)38-12-20-5-6-42(40-20)28(33)34)11-23(25(41)15(2)21-10-18(31)3-4-22(21)30)39-26(44)16-7-17(29(35,36)37)9-19(32)8-16/h3-11,15,28H,12-13H2,1-2H3,(H,38,45)(H,39,44)/t15-/m1/s1. The van der Waals surface area contributed by atoms with E-state index < -0.39 is 65.5 Å². The van der Waals surface area contributed by atoms with Crippen LogP contribution in [0.1, 0.15) is 69.7 Å². The third-order valence-electron chi connectivity index (χ3n) is 6.62. The minimum Gasteiger partial charge on any atom is -0.345 e. The molecule has 0 saturated heterocycles. The van der Waals surface area contributed by atoms with E-state index in [9.17, 15) is 45.1 Å². The first-order valence-electron chi connectivity index (χ1n) is 13.0. The average Bonchev–Trinajstić information content (AvgIpc) is 3.57. The number of rotatable bonds is 10. The first-order chi connectivity index (χ1) is 21.0. The van der Waals surface area contributed by atoms with E-state index in [0.29, 0.717) is 16.8 Å². The summed E-state index contributed by atoms with van der Waals surface area (Å²) in [7, 11) is 0. The van der Waals surface area contributed by atoms with Crippen molar-refractivity contribution in [3.05, 3.63) is 105 Å². The molecule has 4 rings (SSSR count). The van der Waals surface area contributed by atoms with Crippen molar-refractivity contribution in [2.45, 2.75) is 45.6 Å². The summed E-state index contributed by atoms with van der Waals surface area (Å²) in [6.45, 7) is -0.979.